The predicted octanol–water partition coefficient (Wildman–Crippen LogP) is 8.69. The second-order valence-electron chi connectivity index (χ2n) is 13.9. The van der Waals surface area contributed by atoms with E-state index in [1.165, 1.54) is 0 Å². The van der Waals surface area contributed by atoms with Crippen LogP contribution in [0.1, 0.15) is 35.4 Å². The molecule has 61 heavy (non-hydrogen) atoms. The average molecular weight is 805 g/mol. The number of benzene rings is 6. The van der Waals surface area contributed by atoms with Crippen LogP contribution in [0.5, 0.6) is 17.2 Å². The fourth-order valence-electron chi connectivity index (χ4n) is 6.57. The molecule has 0 aliphatic carbocycles. The van der Waals surface area contributed by atoms with E-state index >= 15 is 0 Å². The number of methoxy groups -OCH3 is 2. The zero-order valence-corrected chi connectivity index (χ0v) is 34.9. The van der Waals surface area contributed by atoms with Gasteiger partial charge in [-0.25, -0.2) is 0 Å². The maximum Gasteiger partial charge on any atom is 0.362 e. The van der Waals surface area contributed by atoms with Crippen LogP contribution in [0.15, 0.2) is 212 Å². The third kappa shape index (κ3) is 13.0. The highest BCUT2D eigenvalue weighted by Crippen LogP contribution is 2.27. The summed E-state index contributed by atoms with van der Waals surface area (Å²) in [5, 5.41) is 0. The van der Waals surface area contributed by atoms with Crippen molar-refractivity contribution in [3.63, 3.8) is 0 Å². The fraction of sp³-hybridized carbons (Fsp3) is 0.115. The summed E-state index contributed by atoms with van der Waals surface area (Å²) in [6.07, 6.45) is 8.69. The first kappa shape index (κ1) is 43.6. The molecule has 0 aliphatic heterocycles. The summed E-state index contributed by atoms with van der Waals surface area (Å²) in [5.74, 6) is 2.40. The Morgan fingerprint density at radius 1 is 0.557 bits per heavy atom. The van der Waals surface area contributed by atoms with Gasteiger partial charge in [0.05, 0.1) is 26.5 Å². The first-order chi connectivity index (χ1) is 30.1. The number of nitrogens with zero attached hydrogens (tertiary/aromatic N) is 2. The molecule has 0 saturated heterocycles. The SMILES string of the molecule is C=N/C=C\C=C/C.COc1ccc(COB(c2ccccc2)c2ccc(OCc3ccc(B(OC(c4ccc(OC)cc4)c4ccccn4)c4ccccc4)cc3)cc2)cc1. The standard InChI is InChI=1S/C46H41B2NO5.C6H9N/c1-50-42-26-18-36(19-27-42)34-53-47(38-11-5-3-6-12-38)40-24-30-44(31-25-40)52-33-35-16-22-41(23-17-35)48(39-13-7-4-8-14-39)54-46(45-15-9-10-32-49-45)37-20-28-43(51-2)29-21-37;1-3-4-5-6-7-2/h3-32,46H,33-34H2,1-2H3;3-6H,2H2,1H3/b;4-3-,6-5-. The largest absolute Gasteiger partial charge is 0.497 e. The van der Waals surface area contributed by atoms with Crippen LogP contribution in [-0.2, 0) is 22.5 Å². The molecule has 1 atom stereocenters. The number of rotatable bonds is 18. The Bertz CT molecular complexity index is 2380. The zero-order valence-electron chi connectivity index (χ0n) is 34.9. The number of aliphatic imine (C=N–C) groups is 1. The molecule has 304 valence electrons. The Labute approximate surface area is 361 Å². The van der Waals surface area contributed by atoms with Gasteiger partial charge in [0.2, 0.25) is 0 Å². The lowest BCUT2D eigenvalue weighted by molar-refractivity contribution is 0.253. The van der Waals surface area contributed by atoms with Gasteiger partial charge in [-0.2, -0.15) is 0 Å². The van der Waals surface area contributed by atoms with Crippen LogP contribution in [0.2, 0.25) is 0 Å². The van der Waals surface area contributed by atoms with Gasteiger partial charge < -0.3 is 23.5 Å². The lowest BCUT2D eigenvalue weighted by Crippen LogP contribution is -2.46. The highest BCUT2D eigenvalue weighted by atomic mass is 16.5. The second-order valence-corrected chi connectivity index (χ2v) is 13.9. The van der Waals surface area contributed by atoms with Crippen LogP contribution >= 0.6 is 0 Å². The highest BCUT2D eigenvalue weighted by Gasteiger charge is 2.28. The van der Waals surface area contributed by atoms with Crippen molar-refractivity contribution in [1.82, 2.24) is 4.98 Å². The molecule has 1 unspecified atom stereocenters. The molecule has 0 N–H and O–H groups in total. The van der Waals surface area contributed by atoms with E-state index in [0.29, 0.717) is 13.2 Å². The van der Waals surface area contributed by atoms with E-state index in [0.717, 1.165) is 61.5 Å². The molecule has 1 heterocycles. The molecule has 7 rings (SSSR count). The van der Waals surface area contributed by atoms with Crippen LogP contribution in [0.3, 0.4) is 0 Å². The summed E-state index contributed by atoms with van der Waals surface area (Å²) in [6.45, 7) is 5.54. The van der Waals surface area contributed by atoms with Crippen LogP contribution in [0.4, 0.5) is 0 Å². The van der Waals surface area contributed by atoms with Gasteiger partial charge in [-0.15, -0.1) is 0 Å². The number of ether oxygens (including phenoxy) is 3. The van der Waals surface area contributed by atoms with Gasteiger partial charge in [-0.1, -0.05) is 140 Å². The first-order valence-corrected chi connectivity index (χ1v) is 20.2. The summed E-state index contributed by atoms with van der Waals surface area (Å²) in [6, 6.07) is 59.0. The van der Waals surface area contributed by atoms with E-state index in [1.54, 1.807) is 26.6 Å². The van der Waals surface area contributed by atoms with Gasteiger partial charge in [0, 0.05) is 12.4 Å². The van der Waals surface area contributed by atoms with Crippen molar-refractivity contribution in [3.8, 4) is 17.2 Å². The molecular weight excluding hydrogens is 754 g/mol. The molecule has 0 saturated carbocycles. The number of aromatic nitrogens is 1. The Morgan fingerprint density at radius 2 is 1.07 bits per heavy atom. The van der Waals surface area contributed by atoms with Gasteiger partial charge in [0.1, 0.15) is 30.0 Å². The molecule has 0 bridgehead atoms. The van der Waals surface area contributed by atoms with Gasteiger partial charge in [0.25, 0.3) is 0 Å². The second kappa shape index (κ2) is 23.6. The summed E-state index contributed by atoms with van der Waals surface area (Å²) >= 11 is 0. The Hall–Kier alpha value is -6.93. The van der Waals surface area contributed by atoms with Crippen molar-refractivity contribution in [2.24, 2.45) is 4.99 Å². The summed E-state index contributed by atoms with van der Waals surface area (Å²) in [4.78, 5) is 8.17. The van der Waals surface area contributed by atoms with Crippen LogP contribution in [-0.4, -0.2) is 39.8 Å². The maximum absolute atomic E-state index is 7.00. The van der Waals surface area contributed by atoms with Crippen LogP contribution < -0.4 is 36.1 Å². The molecule has 0 aliphatic rings. The van der Waals surface area contributed by atoms with Crippen molar-refractivity contribution in [1.29, 1.82) is 0 Å². The number of allylic oxidation sites excluding steroid dienone is 3. The molecule has 0 spiro atoms. The fourth-order valence-corrected chi connectivity index (χ4v) is 6.57. The van der Waals surface area contributed by atoms with E-state index in [1.807, 2.05) is 140 Å². The van der Waals surface area contributed by atoms with Crippen LogP contribution in [0.25, 0.3) is 0 Å². The maximum atomic E-state index is 7.00. The minimum absolute atomic E-state index is 0.225. The van der Waals surface area contributed by atoms with Crippen molar-refractivity contribution in [2.75, 3.05) is 14.2 Å². The molecule has 7 nitrogen and oxygen atoms in total. The smallest absolute Gasteiger partial charge is 0.362 e. The van der Waals surface area contributed by atoms with Crippen molar-refractivity contribution >= 4 is 42.4 Å². The lowest BCUT2D eigenvalue weighted by atomic mass is 9.55. The summed E-state index contributed by atoms with van der Waals surface area (Å²) in [7, 11) is 3.34. The quantitative estimate of drug-likeness (QED) is 0.0492. The third-order valence-corrected chi connectivity index (χ3v) is 9.79. The number of pyridine rings is 1. The van der Waals surface area contributed by atoms with Gasteiger partial charge >= 0.3 is 13.8 Å². The Balaban J connectivity index is 0.000000819. The lowest BCUT2D eigenvalue weighted by Gasteiger charge is -2.24. The summed E-state index contributed by atoms with van der Waals surface area (Å²) < 4.78 is 30.5. The van der Waals surface area contributed by atoms with Crippen molar-refractivity contribution in [3.05, 3.63) is 229 Å². The van der Waals surface area contributed by atoms with Gasteiger partial charge in [0.15, 0.2) is 0 Å². The minimum Gasteiger partial charge on any atom is -0.497 e. The number of hydrogen-bond donors (Lipinski definition) is 0. The zero-order chi connectivity index (χ0) is 42.5. The minimum atomic E-state index is -0.400. The molecule has 0 radical (unpaired) electrons. The molecule has 0 fully saturated rings. The van der Waals surface area contributed by atoms with E-state index in [-0.39, 0.29) is 13.8 Å². The molecule has 0 amide bonds. The third-order valence-electron chi connectivity index (χ3n) is 9.79. The van der Waals surface area contributed by atoms with Crippen molar-refractivity contribution in [2.45, 2.75) is 26.2 Å². The molecule has 9 heteroatoms. The molecular formula is C52H50B2N2O5. The molecule has 1 aromatic heterocycles. The van der Waals surface area contributed by atoms with E-state index in [9.17, 15) is 0 Å². The summed E-state index contributed by atoms with van der Waals surface area (Å²) in [5.41, 5.74) is 8.18. The highest BCUT2D eigenvalue weighted by molar-refractivity contribution is 6.80. The van der Waals surface area contributed by atoms with Crippen LogP contribution in [0, 0.1) is 0 Å². The Morgan fingerprint density at radius 3 is 1.64 bits per heavy atom. The van der Waals surface area contributed by atoms with E-state index in [4.69, 9.17) is 23.5 Å². The van der Waals surface area contributed by atoms with Crippen molar-refractivity contribution < 1.29 is 23.5 Å². The first-order valence-electron chi connectivity index (χ1n) is 20.2. The monoisotopic (exact) mass is 804 g/mol. The normalized spacial score (nSPS) is 11.3. The molecule has 7 aromatic rings. The topological polar surface area (TPSA) is 71.4 Å². The predicted molar refractivity (Wildman–Crippen MR) is 252 cm³/mol. The molecule has 6 aromatic carbocycles. The van der Waals surface area contributed by atoms with E-state index in [2.05, 4.69) is 77.4 Å². The van der Waals surface area contributed by atoms with Gasteiger partial charge in [-0.05, 0) is 107 Å². The number of hydrogen-bond acceptors (Lipinski definition) is 7. The average Bonchev–Trinajstić information content (AvgIpc) is 3.33. The Kier molecular flexibility index (Phi) is 16.9. The van der Waals surface area contributed by atoms with E-state index < -0.39 is 6.10 Å². The van der Waals surface area contributed by atoms with Gasteiger partial charge in [-0.3, -0.25) is 9.98 Å².